The molecule has 0 atom stereocenters. The highest BCUT2D eigenvalue weighted by atomic mass is 79.9. The summed E-state index contributed by atoms with van der Waals surface area (Å²) in [4.78, 5) is 12.8. The summed E-state index contributed by atoms with van der Waals surface area (Å²) >= 11 is 4.73. The van der Waals surface area contributed by atoms with E-state index in [1.54, 1.807) is 39.5 Å². The number of allylic oxidation sites excluding steroid dienone is 1. The lowest BCUT2D eigenvalue weighted by Crippen LogP contribution is -1.97. The Balaban J connectivity index is 2.32. The van der Waals surface area contributed by atoms with E-state index in [2.05, 4.69) is 15.9 Å². The van der Waals surface area contributed by atoms with Crippen molar-refractivity contribution in [3.05, 3.63) is 44.6 Å². The van der Waals surface area contributed by atoms with Crippen molar-refractivity contribution in [3.8, 4) is 17.2 Å². The first-order chi connectivity index (χ1) is 10.6. The largest absolute Gasteiger partial charge is 0.493 e. The summed E-state index contributed by atoms with van der Waals surface area (Å²) in [5.74, 6) is 1.54. The van der Waals surface area contributed by atoms with Crippen LogP contribution in [-0.2, 0) is 0 Å². The molecule has 116 valence electrons. The second-order valence-electron chi connectivity index (χ2n) is 4.25. The van der Waals surface area contributed by atoms with Gasteiger partial charge in [-0.1, -0.05) is 0 Å². The number of carbonyl (C=O) groups is 1. The molecule has 0 fully saturated rings. The van der Waals surface area contributed by atoms with Crippen molar-refractivity contribution in [2.24, 2.45) is 0 Å². The van der Waals surface area contributed by atoms with Crippen molar-refractivity contribution in [2.45, 2.75) is 0 Å². The SMILES string of the molecule is COc1ccc(/C=C/C(=O)c2cc(Br)cs2)c(OC)c1OC. The molecule has 0 N–H and O–H groups in total. The Morgan fingerprint density at radius 3 is 2.41 bits per heavy atom. The molecular weight excluding hydrogens is 368 g/mol. The van der Waals surface area contributed by atoms with Gasteiger partial charge in [0.2, 0.25) is 5.75 Å². The van der Waals surface area contributed by atoms with Gasteiger partial charge < -0.3 is 14.2 Å². The number of methoxy groups -OCH3 is 3. The third kappa shape index (κ3) is 3.51. The predicted octanol–water partition coefficient (Wildman–Crippen LogP) is 4.43. The average Bonchev–Trinajstić information content (AvgIpc) is 2.97. The van der Waals surface area contributed by atoms with Crippen molar-refractivity contribution in [3.63, 3.8) is 0 Å². The molecule has 6 heteroatoms. The monoisotopic (exact) mass is 382 g/mol. The van der Waals surface area contributed by atoms with Crippen LogP contribution in [0.2, 0.25) is 0 Å². The van der Waals surface area contributed by atoms with E-state index in [0.29, 0.717) is 22.1 Å². The van der Waals surface area contributed by atoms with Gasteiger partial charge in [-0.15, -0.1) is 11.3 Å². The van der Waals surface area contributed by atoms with Gasteiger partial charge in [-0.2, -0.15) is 0 Å². The zero-order chi connectivity index (χ0) is 16.1. The molecule has 1 aromatic heterocycles. The van der Waals surface area contributed by atoms with E-state index in [1.807, 2.05) is 11.4 Å². The minimum atomic E-state index is -0.0625. The summed E-state index contributed by atoms with van der Waals surface area (Å²) in [6, 6.07) is 5.38. The first-order valence-electron chi connectivity index (χ1n) is 6.36. The number of carbonyl (C=O) groups excluding carboxylic acids is 1. The van der Waals surface area contributed by atoms with Crippen molar-refractivity contribution in [1.29, 1.82) is 0 Å². The first-order valence-corrected chi connectivity index (χ1v) is 8.03. The Morgan fingerprint density at radius 1 is 1.14 bits per heavy atom. The predicted molar refractivity (Wildman–Crippen MR) is 91.5 cm³/mol. The Kier molecular flexibility index (Phi) is 5.63. The van der Waals surface area contributed by atoms with Gasteiger partial charge in [-0.25, -0.2) is 0 Å². The summed E-state index contributed by atoms with van der Waals surface area (Å²) < 4.78 is 16.8. The third-order valence-corrected chi connectivity index (χ3v) is 4.66. The number of benzene rings is 1. The van der Waals surface area contributed by atoms with Gasteiger partial charge in [-0.05, 0) is 46.3 Å². The molecule has 22 heavy (non-hydrogen) atoms. The highest BCUT2D eigenvalue weighted by molar-refractivity contribution is 9.10. The van der Waals surface area contributed by atoms with Crippen molar-refractivity contribution in [1.82, 2.24) is 0 Å². The van der Waals surface area contributed by atoms with E-state index in [-0.39, 0.29) is 5.78 Å². The van der Waals surface area contributed by atoms with Gasteiger partial charge in [-0.3, -0.25) is 4.79 Å². The molecule has 0 bridgehead atoms. The van der Waals surface area contributed by atoms with E-state index in [0.717, 1.165) is 10.0 Å². The van der Waals surface area contributed by atoms with E-state index in [1.165, 1.54) is 17.4 Å². The van der Waals surface area contributed by atoms with Crippen LogP contribution in [0.25, 0.3) is 6.08 Å². The fourth-order valence-electron chi connectivity index (χ4n) is 1.95. The molecular formula is C16H15BrO4S. The molecule has 2 rings (SSSR count). The Morgan fingerprint density at radius 2 is 1.86 bits per heavy atom. The molecule has 2 aromatic rings. The van der Waals surface area contributed by atoms with Crippen LogP contribution in [-0.4, -0.2) is 27.1 Å². The van der Waals surface area contributed by atoms with Gasteiger partial charge in [0.15, 0.2) is 17.3 Å². The molecule has 0 aliphatic carbocycles. The molecule has 0 spiro atoms. The maximum Gasteiger partial charge on any atom is 0.203 e. The molecule has 0 aliphatic heterocycles. The number of ether oxygens (including phenoxy) is 3. The fraction of sp³-hybridized carbons (Fsp3) is 0.188. The second kappa shape index (κ2) is 7.47. The third-order valence-electron chi connectivity index (χ3n) is 2.96. The zero-order valence-corrected chi connectivity index (χ0v) is 14.8. The molecule has 1 heterocycles. The highest BCUT2D eigenvalue weighted by Crippen LogP contribution is 2.40. The Hall–Kier alpha value is -1.79. The van der Waals surface area contributed by atoms with E-state index in [9.17, 15) is 4.79 Å². The fourth-order valence-corrected chi connectivity index (χ4v) is 3.29. The Labute approximate surface area is 141 Å². The summed E-state index contributed by atoms with van der Waals surface area (Å²) in [7, 11) is 4.65. The van der Waals surface area contributed by atoms with Gasteiger partial charge in [0.05, 0.1) is 26.2 Å². The lowest BCUT2D eigenvalue weighted by atomic mass is 10.1. The molecule has 1 aromatic carbocycles. The number of hydrogen-bond acceptors (Lipinski definition) is 5. The molecule has 0 radical (unpaired) electrons. The van der Waals surface area contributed by atoms with Gasteiger partial charge in [0, 0.05) is 15.4 Å². The Bertz CT molecular complexity index is 706. The van der Waals surface area contributed by atoms with E-state index in [4.69, 9.17) is 14.2 Å². The smallest absolute Gasteiger partial charge is 0.203 e. The molecule has 0 saturated carbocycles. The van der Waals surface area contributed by atoms with Crippen LogP contribution in [0, 0.1) is 0 Å². The maximum absolute atomic E-state index is 12.1. The first kappa shape index (κ1) is 16.6. The van der Waals surface area contributed by atoms with Crippen LogP contribution in [0.3, 0.4) is 0 Å². The minimum Gasteiger partial charge on any atom is -0.493 e. The van der Waals surface area contributed by atoms with Crippen molar-refractivity contribution >= 4 is 39.1 Å². The zero-order valence-electron chi connectivity index (χ0n) is 12.4. The number of rotatable bonds is 6. The van der Waals surface area contributed by atoms with Crippen LogP contribution in [0.5, 0.6) is 17.2 Å². The quantitative estimate of drug-likeness (QED) is 0.547. The van der Waals surface area contributed by atoms with Crippen LogP contribution in [0.15, 0.2) is 34.1 Å². The maximum atomic E-state index is 12.1. The summed E-state index contributed by atoms with van der Waals surface area (Å²) in [5, 5.41) is 1.87. The lowest BCUT2D eigenvalue weighted by Gasteiger charge is -2.13. The van der Waals surface area contributed by atoms with Crippen LogP contribution >= 0.6 is 27.3 Å². The van der Waals surface area contributed by atoms with Crippen LogP contribution in [0.4, 0.5) is 0 Å². The molecule has 0 amide bonds. The highest BCUT2D eigenvalue weighted by Gasteiger charge is 2.14. The average molecular weight is 383 g/mol. The molecule has 0 unspecified atom stereocenters. The van der Waals surface area contributed by atoms with Gasteiger partial charge in [0.25, 0.3) is 0 Å². The minimum absolute atomic E-state index is 0.0625. The lowest BCUT2D eigenvalue weighted by molar-refractivity contribution is 0.105. The summed E-state index contributed by atoms with van der Waals surface area (Å²) in [6.07, 6.45) is 3.22. The number of hydrogen-bond donors (Lipinski definition) is 0. The van der Waals surface area contributed by atoms with Gasteiger partial charge in [0.1, 0.15) is 0 Å². The molecule has 4 nitrogen and oxygen atoms in total. The topological polar surface area (TPSA) is 44.8 Å². The normalized spacial score (nSPS) is 10.7. The molecule has 0 aliphatic rings. The summed E-state index contributed by atoms with van der Waals surface area (Å²) in [6.45, 7) is 0. The second-order valence-corrected chi connectivity index (χ2v) is 6.08. The number of ketones is 1. The standard InChI is InChI=1S/C16H15BrO4S/c1-19-13-7-5-10(15(20-2)16(13)21-3)4-6-12(18)14-8-11(17)9-22-14/h4-9H,1-3H3/b6-4+. The summed E-state index contributed by atoms with van der Waals surface area (Å²) in [5.41, 5.74) is 0.740. The van der Waals surface area contributed by atoms with Crippen molar-refractivity contribution < 1.29 is 19.0 Å². The van der Waals surface area contributed by atoms with Crippen LogP contribution < -0.4 is 14.2 Å². The van der Waals surface area contributed by atoms with Crippen molar-refractivity contribution in [2.75, 3.05) is 21.3 Å². The van der Waals surface area contributed by atoms with E-state index >= 15 is 0 Å². The van der Waals surface area contributed by atoms with Gasteiger partial charge >= 0.3 is 0 Å². The van der Waals surface area contributed by atoms with Crippen LogP contribution in [0.1, 0.15) is 15.2 Å². The number of thiophene rings is 1. The van der Waals surface area contributed by atoms with E-state index < -0.39 is 0 Å². The molecule has 0 saturated heterocycles. The number of halogens is 1.